The number of hydrogen-bond acceptors (Lipinski definition) is 5. The van der Waals surface area contributed by atoms with Gasteiger partial charge in [-0.1, -0.05) is 12.1 Å². The third-order valence-corrected chi connectivity index (χ3v) is 4.08. The maximum Gasteiger partial charge on any atom is 1.00 e. The molecule has 0 radical (unpaired) electrons. The summed E-state index contributed by atoms with van der Waals surface area (Å²) >= 11 is 0. The van der Waals surface area contributed by atoms with Gasteiger partial charge in [0, 0.05) is 11.1 Å². The van der Waals surface area contributed by atoms with Crippen LogP contribution in [0.4, 0.5) is 0 Å². The van der Waals surface area contributed by atoms with E-state index in [1.54, 1.807) is 13.8 Å². The van der Waals surface area contributed by atoms with Crippen LogP contribution in [0.25, 0.3) is 0 Å². The monoisotopic (exact) mass is 328 g/mol. The predicted molar refractivity (Wildman–Crippen MR) is 75.4 cm³/mol. The molecule has 5 nitrogen and oxygen atoms in total. The number of carbonyl (C=O) groups excluding carboxylic acids is 1. The van der Waals surface area contributed by atoms with Crippen molar-refractivity contribution in [3.63, 3.8) is 0 Å². The zero-order valence-corrected chi connectivity index (χ0v) is 15.3. The van der Waals surface area contributed by atoms with Crippen LogP contribution in [-0.2, 0) is 10.1 Å². The van der Waals surface area contributed by atoms with E-state index in [1.165, 1.54) is 30.3 Å². The Morgan fingerprint density at radius 1 is 1.05 bits per heavy atom. The van der Waals surface area contributed by atoms with Crippen molar-refractivity contribution in [2.24, 2.45) is 0 Å². The summed E-state index contributed by atoms with van der Waals surface area (Å²) in [6.07, 6.45) is 0. The molecule has 0 atom stereocenters. The number of phenols is 1. The van der Waals surface area contributed by atoms with Crippen molar-refractivity contribution < 1.29 is 52.4 Å². The summed E-state index contributed by atoms with van der Waals surface area (Å²) in [4.78, 5) is 12.0. The number of aryl methyl sites for hydroxylation is 2. The van der Waals surface area contributed by atoms with E-state index in [0.717, 1.165) is 6.07 Å². The third-order valence-electron chi connectivity index (χ3n) is 3.19. The average molecular weight is 328 g/mol. The van der Waals surface area contributed by atoms with Crippen LogP contribution in [0.2, 0.25) is 0 Å². The average Bonchev–Trinajstić information content (AvgIpc) is 2.41. The topological polar surface area (TPSA) is 94.5 Å². The number of benzene rings is 2. The molecule has 110 valence electrons. The van der Waals surface area contributed by atoms with E-state index in [9.17, 15) is 22.9 Å². The largest absolute Gasteiger partial charge is 1.00 e. The summed E-state index contributed by atoms with van der Waals surface area (Å²) in [6, 6.07) is 8.19. The molecule has 0 bridgehead atoms. The van der Waals surface area contributed by atoms with Crippen molar-refractivity contribution in [1.29, 1.82) is 0 Å². The van der Waals surface area contributed by atoms with E-state index in [2.05, 4.69) is 0 Å². The van der Waals surface area contributed by atoms with Gasteiger partial charge in [-0.05, 0) is 49.2 Å². The minimum atomic E-state index is -4.74. The molecule has 0 fully saturated rings. The number of ketones is 1. The van der Waals surface area contributed by atoms with Crippen LogP contribution < -0.4 is 29.6 Å². The van der Waals surface area contributed by atoms with Crippen molar-refractivity contribution in [3.8, 4) is 5.75 Å². The van der Waals surface area contributed by atoms with Crippen molar-refractivity contribution in [2.45, 2.75) is 18.7 Å². The van der Waals surface area contributed by atoms with Crippen LogP contribution in [0.1, 0.15) is 27.0 Å². The molecule has 0 aliphatic carbocycles. The fraction of sp³-hybridized carbons (Fsp3) is 0.133. The van der Waals surface area contributed by atoms with Crippen molar-refractivity contribution in [3.05, 3.63) is 58.7 Å². The maximum absolute atomic E-state index is 12.5. The van der Waals surface area contributed by atoms with Crippen LogP contribution in [-0.4, -0.2) is 23.9 Å². The van der Waals surface area contributed by atoms with Gasteiger partial charge in [-0.25, -0.2) is 8.42 Å². The first-order valence-corrected chi connectivity index (χ1v) is 7.52. The van der Waals surface area contributed by atoms with Gasteiger partial charge >= 0.3 is 29.6 Å². The minimum Gasteiger partial charge on any atom is -0.744 e. The van der Waals surface area contributed by atoms with Crippen LogP contribution in [0.5, 0.6) is 5.75 Å². The second kappa shape index (κ2) is 6.93. The molecular formula is C15H13NaO5S. The zero-order valence-electron chi connectivity index (χ0n) is 12.5. The van der Waals surface area contributed by atoms with Gasteiger partial charge in [0.1, 0.15) is 15.9 Å². The van der Waals surface area contributed by atoms with Crippen LogP contribution in [0.3, 0.4) is 0 Å². The van der Waals surface area contributed by atoms with Crippen LogP contribution in [0.15, 0.2) is 41.3 Å². The summed E-state index contributed by atoms with van der Waals surface area (Å²) in [5.41, 5.74) is 1.08. The van der Waals surface area contributed by atoms with Gasteiger partial charge in [0.25, 0.3) is 0 Å². The number of phenolic OH excluding ortho intramolecular Hbond substituents is 1. The van der Waals surface area contributed by atoms with Gasteiger partial charge in [0.2, 0.25) is 0 Å². The first kappa shape index (κ1) is 18.9. The molecule has 0 spiro atoms. The van der Waals surface area contributed by atoms with E-state index in [-0.39, 0.29) is 46.4 Å². The van der Waals surface area contributed by atoms with Crippen molar-refractivity contribution in [1.82, 2.24) is 0 Å². The molecule has 2 aromatic rings. The first-order chi connectivity index (χ1) is 9.71. The molecule has 1 N–H and O–H groups in total. The summed E-state index contributed by atoms with van der Waals surface area (Å²) in [5.74, 6) is -0.514. The van der Waals surface area contributed by atoms with Gasteiger partial charge in [0.15, 0.2) is 5.78 Å². The predicted octanol–water partition coefficient (Wildman–Crippen LogP) is -0.852. The maximum atomic E-state index is 12.5. The van der Waals surface area contributed by atoms with E-state index < -0.39 is 20.8 Å². The molecule has 0 heterocycles. The van der Waals surface area contributed by atoms with Crippen molar-refractivity contribution >= 4 is 15.9 Å². The summed E-state index contributed by atoms with van der Waals surface area (Å²) in [6.45, 7) is 3.25. The second-order valence-electron chi connectivity index (χ2n) is 4.73. The summed E-state index contributed by atoms with van der Waals surface area (Å²) < 4.78 is 33.7. The molecule has 2 aromatic carbocycles. The van der Waals surface area contributed by atoms with Gasteiger partial charge in [0.05, 0.1) is 4.90 Å². The number of rotatable bonds is 3. The second-order valence-corrected chi connectivity index (χ2v) is 6.08. The van der Waals surface area contributed by atoms with E-state index >= 15 is 0 Å². The van der Waals surface area contributed by atoms with E-state index in [4.69, 9.17) is 0 Å². The quantitative estimate of drug-likeness (QED) is 0.450. The number of carbonyl (C=O) groups is 1. The Bertz CT molecular complexity index is 828. The van der Waals surface area contributed by atoms with Gasteiger partial charge in [-0.3, -0.25) is 4.79 Å². The Hall–Kier alpha value is -1.18. The van der Waals surface area contributed by atoms with E-state index in [1.807, 2.05) is 0 Å². The normalized spacial score (nSPS) is 10.9. The van der Waals surface area contributed by atoms with Gasteiger partial charge in [-0.15, -0.1) is 0 Å². The molecule has 22 heavy (non-hydrogen) atoms. The van der Waals surface area contributed by atoms with Gasteiger partial charge in [-0.2, -0.15) is 0 Å². The Kier molecular flexibility index (Phi) is 5.95. The fourth-order valence-corrected chi connectivity index (χ4v) is 2.74. The molecule has 2 rings (SSSR count). The molecule has 0 amide bonds. The molecule has 0 aromatic heterocycles. The summed E-state index contributed by atoms with van der Waals surface area (Å²) in [5, 5.41) is 9.60. The van der Waals surface area contributed by atoms with Crippen LogP contribution in [0, 0.1) is 13.8 Å². The molecule has 0 aliphatic heterocycles. The van der Waals surface area contributed by atoms with Crippen molar-refractivity contribution in [2.75, 3.05) is 0 Å². The van der Waals surface area contributed by atoms with Crippen LogP contribution >= 0.6 is 0 Å². The number of hydrogen-bond donors (Lipinski definition) is 1. The third kappa shape index (κ3) is 3.77. The fourth-order valence-electron chi connectivity index (χ4n) is 2.06. The first-order valence-electron chi connectivity index (χ1n) is 6.11. The molecule has 7 heteroatoms. The Labute approximate surface area is 151 Å². The van der Waals surface area contributed by atoms with E-state index in [0.29, 0.717) is 11.1 Å². The molecule has 0 unspecified atom stereocenters. The SMILES string of the molecule is Cc1cc(C(=O)c2ccccc2S(=O)(=O)[O-])c(C)cc1O.[Na+]. The zero-order chi connectivity index (χ0) is 15.8. The Morgan fingerprint density at radius 2 is 1.64 bits per heavy atom. The standard InChI is InChI=1S/C15H14O5S.Na/c1-9-8-13(16)10(2)7-12(9)15(17)11-5-3-4-6-14(11)21(18,19)20;/h3-8,16H,1-2H3,(H,18,19,20);/q;+1/p-1. The van der Waals surface area contributed by atoms with Gasteiger partial charge < -0.3 is 9.66 Å². The molecule has 0 saturated carbocycles. The smallest absolute Gasteiger partial charge is 0.744 e. The number of aromatic hydroxyl groups is 1. The Morgan fingerprint density at radius 3 is 2.23 bits per heavy atom. The summed E-state index contributed by atoms with van der Waals surface area (Å²) in [7, 11) is -4.74. The molecule has 0 aliphatic rings. The minimum absolute atomic E-state index is 0. The molecule has 0 saturated heterocycles. The molecular weight excluding hydrogens is 315 g/mol. The Balaban J connectivity index is 0.00000242.